The lowest BCUT2D eigenvalue weighted by Crippen LogP contribution is -2.42. The van der Waals surface area contributed by atoms with Crippen molar-refractivity contribution >= 4 is 28.5 Å². The molecule has 0 radical (unpaired) electrons. The topological polar surface area (TPSA) is 114 Å². The summed E-state index contributed by atoms with van der Waals surface area (Å²) in [6.07, 6.45) is 1.55. The van der Waals surface area contributed by atoms with Gasteiger partial charge in [-0.15, -0.1) is 0 Å². The van der Waals surface area contributed by atoms with Gasteiger partial charge in [-0.1, -0.05) is 12.1 Å². The monoisotopic (exact) mass is 353 g/mol. The van der Waals surface area contributed by atoms with Gasteiger partial charge >= 0.3 is 0 Å². The Hall–Kier alpha value is -3.68. The molecule has 26 heavy (non-hydrogen) atoms. The normalized spacial score (nSPS) is 10.5. The van der Waals surface area contributed by atoms with Crippen molar-refractivity contribution in [3.8, 4) is 0 Å². The Labute approximate surface area is 147 Å². The van der Waals surface area contributed by atoms with Crippen LogP contribution in [0.1, 0.15) is 21.5 Å². The summed E-state index contributed by atoms with van der Waals surface area (Å²) in [6.45, 7) is 1.95. The van der Waals surface area contributed by atoms with Crippen LogP contribution in [0.3, 0.4) is 0 Å². The first kappa shape index (κ1) is 17.2. The number of furan rings is 1. The molecule has 0 atom stereocenters. The van der Waals surface area contributed by atoms with Crippen molar-refractivity contribution in [3.63, 3.8) is 0 Å². The van der Waals surface area contributed by atoms with Gasteiger partial charge in [-0.05, 0) is 30.7 Å². The van der Waals surface area contributed by atoms with Crippen LogP contribution >= 0.6 is 0 Å². The van der Waals surface area contributed by atoms with Gasteiger partial charge in [-0.3, -0.25) is 30.6 Å². The third-order valence-corrected chi connectivity index (χ3v) is 3.82. The number of nitrogens with zero attached hydrogens (tertiary/aromatic N) is 1. The molecular formula is C18H15N3O5. The molecule has 0 bridgehead atoms. The molecule has 0 aliphatic carbocycles. The summed E-state index contributed by atoms with van der Waals surface area (Å²) in [5, 5.41) is 11.4. The number of aryl methyl sites for hydroxylation is 1. The second-order valence-corrected chi connectivity index (χ2v) is 5.74. The second kappa shape index (κ2) is 7.06. The minimum absolute atomic E-state index is 0.0383. The van der Waals surface area contributed by atoms with E-state index >= 15 is 0 Å². The number of non-ortho nitro benzene ring substituents is 1. The second-order valence-electron chi connectivity index (χ2n) is 5.74. The van der Waals surface area contributed by atoms with Crippen LogP contribution in [0.15, 0.2) is 53.1 Å². The molecule has 0 saturated heterocycles. The molecule has 132 valence electrons. The molecular weight excluding hydrogens is 338 g/mol. The molecule has 2 aromatic carbocycles. The maximum absolute atomic E-state index is 12.0. The molecule has 0 aliphatic rings. The van der Waals surface area contributed by atoms with Crippen molar-refractivity contribution < 1.29 is 18.9 Å². The van der Waals surface area contributed by atoms with Crippen LogP contribution in [0.4, 0.5) is 5.69 Å². The average Bonchev–Trinajstić information content (AvgIpc) is 3.01. The molecule has 1 heterocycles. The highest BCUT2D eigenvalue weighted by Gasteiger charge is 2.13. The summed E-state index contributed by atoms with van der Waals surface area (Å²) in [5.74, 6) is -0.982. The van der Waals surface area contributed by atoms with E-state index < -0.39 is 16.7 Å². The molecule has 0 spiro atoms. The molecule has 0 aliphatic heterocycles. The summed E-state index contributed by atoms with van der Waals surface area (Å²) in [7, 11) is 0. The number of nitrogens with one attached hydrogen (secondary N) is 2. The fourth-order valence-corrected chi connectivity index (χ4v) is 2.48. The van der Waals surface area contributed by atoms with Gasteiger partial charge < -0.3 is 4.42 Å². The van der Waals surface area contributed by atoms with E-state index in [1.165, 1.54) is 30.5 Å². The van der Waals surface area contributed by atoms with Crippen LogP contribution in [0.5, 0.6) is 0 Å². The number of nitro groups is 1. The van der Waals surface area contributed by atoms with Crippen molar-refractivity contribution in [2.24, 2.45) is 0 Å². The van der Waals surface area contributed by atoms with Crippen LogP contribution in [-0.4, -0.2) is 16.7 Å². The summed E-state index contributed by atoms with van der Waals surface area (Å²) < 4.78 is 5.43. The zero-order valence-electron chi connectivity index (χ0n) is 13.8. The van der Waals surface area contributed by atoms with E-state index in [9.17, 15) is 19.7 Å². The zero-order valence-corrected chi connectivity index (χ0v) is 13.8. The fourth-order valence-electron chi connectivity index (χ4n) is 2.48. The standard InChI is InChI=1S/C18H15N3O5/c1-11-2-7-15-13(10-26-16(15)8-11)9-17(22)19-20-18(23)12-3-5-14(6-4-12)21(24)25/h2-8,10H,9H2,1H3,(H,19,22)(H,20,23). The van der Waals surface area contributed by atoms with Gasteiger partial charge in [-0.25, -0.2) is 0 Å². The number of carbonyl (C=O) groups excluding carboxylic acids is 2. The first-order valence-electron chi connectivity index (χ1n) is 7.74. The van der Waals surface area contributed by atoms with Crippen LogP contribution in [0.2, 0.25) is 0 Å². The zero-order chi connectivity index (χ0) is 18.7. The summed E-state index contributed by atoms with van der Waals surface area (Å²) in [4.78, 5) is 34.1. The van der Waals surface area contributed by atoms with E-state index in [0.29, 0.717) is 11.1 Å². The number of hydrogen-bond acceptors (Lipinski definition) is 5. The number of carbonyl (C=O) groups is 2. The van der Waals surface area contributed by atoms with E-state index in [4.69, 9.17) is 4.42 Å². The molecule has 8 heteroatoms. The van der Waals surface area contributed by atoms with Crippen molar-refractivity contribution in [2.45, 2.75) is 13.3 Å². The van der Waals surface area contributed by atoms with Crippen LogP contribution in [0.25, 0.3) is 11.0 Å². The Bertz CT molecular complexity index is 992. The average molecular weight is 353 g/mol. The minimum Gasteiger partial charge on any atom is -0.464 e. The Morgan fingerprint density at radius 3 is 2.54 bits per heavy atom. The molecule has 0 saturated carbocycles. The van der Waals surface area contributed by atoms with E-state index in [-0.39, 0.29) is 17.7 Å². The number of fused-ring (bicyclic) bond motifs is 1. The Balaban J connectivity index is 1.59. The van der Waals surface area contributed by atoms with Crippen molar-refractivity contribution in [3.05, 3.63) is 75.5 Å². The summed E-state index contributed by atoms with van der Waals surface area (Å²) >= 11 is 0. The number of hydrogen-bond donors (Lipinski definition) is 2. The quantitative estimate of drug-likeness (QED) is 0.553. The first-order chi connectivity index (χ1) is 12.4. The molecule has 2 N–H and O–H groups in total. The highest BCUT2D eigenvalue weighted by atomic mass is 16.6. The summed E-state index contributed by atoms with van der Waals surface area (Å²) in [6, 6.07) is 10.7. The summed E-state index contributed by atoms with van der Waals surface area (Å²) in [5.41, 5.74) is 7.13. The van der Waals surface area contributed by atoms with Gasteiger partial charge in [0.1, 0.15) is 5.58 Å². The third-order valence-electron chi connectivity index (χ3n) is 3.82. The number of nitro benzene ring substituents is 1. The predicted octanol–water partition coefficient (Wildman–Crippen LogP) is 2.65. The van der Waals surface area contributed by atoms with Crippen LogP contribution in [0, 0.1) is 17.0 Å². The van der Waals surface area contributed by atoms with E-state index in [1.54, 1.807) is 0 Å². The highest BCUT2D eigenvalue weighted by Crippen LogP contribution is 2.22. The van der Waals surface area contributed by atoms with Crippen molar-refractivity contribution in [1.82, 2.24) is 10.9 Å². The molecule has 1 aromatic heterocycles. The number of rotatable bonds is 4. The van der Waals surface area contributed by atoms with Gasteiger partial charge in [0.05, 0.1) is 17.6 Å². The van der Waals surface area contributed by atoms with Gasteiger partial charge in [0.2, 0.25) is 5.91 Å². The number of amides is 2. The van der Waals surface area contributed by atoms with Gasteiger partial charge in [-0.2, -0.15) is 0 Å². The Kier molecular flexibility index (Phi) is 4.66. The third kappa shape index (κ3) is 3.69. The highest BCUT2D eigenvalue weighted by molar-refractivity contribution is 5.96. The van der Waals surface area contributed by atoms with E-state index in [0.717, 1.165) is 10.9 Å². The lowest BCUT2D eigenvalue weighted by molar-refractivity contribution is -0.384. The molecule has 2 amide bonds. The van der Waals surface area contributed by atoms with E-state index in [1.807, 2.05) is 25.1 Å². The molecule has 0 fully saturated rings. The van der Waals surface area contributed by atoms with Gasteiger partial charge in [0, 0.05) is 28.6 Å². The fraction of sp³-hybridized carbons (Fsp3) is 0.111. The SMILES string of the molecule is Cc1ccc2c(CC(=O)NNC(=O)c3ccc([N+](=O)[O-])cc3)coc2c1. The van der Waals surface area contributed by atoms with Gasteiger partial charge in [0.25, 0.3) is 11.6 Å². The van der Waals surface area contributed by atoms with Crippen LogP contribution < -0.4 is 10.9 Å². The Morgan fingerprint density at radius 1 is 1.12 bits per heavy atom. The Morgan fingerprint density at radius 2 is 1.85 bits per heavy atom. The number of benzene rings is 2. The lowest BCUT2D eigenvalue weighted by Gasteiger charge is -2.07. The molecule has 3 rings (SSSR count). The largest absolute Gasteiger partial charge is 0.464 e. The van der Waals surface area contributed by atoms with Crippen molar-refractivity contribution in [2.75, 3.05) is 0 Å². The van der Waals surface area contributed by atoms with Gasteiger partial charge in [0.15, 0.2) is 0 Å². The van der Waals surface area contributed by atoms with Crippen molar-refractivity contribution in [1.29, 1.82) is 0 Å². The molecule has 0 unspecified atom stereocenters. The maximum Gasteiger partial charge on any atom is 0.269 e. The molecule has 3 aromatic rings. The minimum atomic E-state index is -0.569. The molecule has 8 nitrogen and oxygen atoms in total. The maximum atomic E-state index is 12.0. The van der Waals surface area contributed by atoms with E-state index in [2.05, 4.69) is 10.9 Å². The van der Waals surface area contributed by atoms with Crippen LogP contribution in [-0.2, 0) is 11.2 Å². The predicted molar refractivity (Wildman–Crippen MR) is 93.4 cm³/mol. The first-order valence-corrected chi connectivity index (χ1v) is 7.74. The lowest BCUT2D eigenvalue weighted by atomic mass is 10.1. The smallest absolute Gasteiger partial charge is 0.269 e. The number of hydrazine groups is 1.